The van der Waals surface area contributed by atoms with E-state index in [4.69, 9.17) is 5.73 Å². The average Bonchev–Trinajstić information content (AvgIpc) is 2.48. The van der Waals surface area contributed by atoms with E-state index < -0.39 is 0 Å². The van der Waals surface area contributed by atoms with Crippen molar-refractivity contribution in [2.24, 2.45) is 11.1 Å². The lowest BCUT2D eigenvalue weighted by atomic mass is 9.90. The van der Waals surface area contributed by atoms with Gasteiger partial charge in [-0.25, -0.2) is 0 Å². The van der Waals surface area contributed by atoms with Gasteiger partial charge in [-0.05, 0) is 31.1 Å². The molecule has 1 aliphatic rings. The molecule has 0 aliphatic heterocycles. The van der Waals surface area contributed by atoms with Crippen LogP contribution in [-0.4, -0.2) is 18.6 Å². The predicted octanol–water partition coefficient (Wildman–Crippen LogP) is 1.89. The minimum absolute atomic E-state index is 0.437. The van der Waals surface area contributed by atoms with Crippen LogP contribution in [0, 0.1) is 5.41 Å². The van der Waals surface area contributed by atoms with Gasteiger partial charge in [-0.15, -0.1) is 0 Å². The molecule has 0 bridgehead atoms. The van der Waals surface area contributed by atoms with Crippen LogP contribution in [0.5, 0.6) is 0 Å². The maximum absolute atomic E-state index is 5.86. The van der Waals surface area contributed by atoms with Crippen molar-refractivity contribution < 1.29 is 0 Å². The second kappa shape index (κ2) is 4.43. The van der Waals surface area contributed by atoms with Gasteiger partial charge in [-0.3, -0.25) is 0 Å². The largest absolute Gasteiger partial charge is 0.328 e. The highest BCUT2D eigenvalue weighted by atomic mass is 14.9. The van der Waals surface area contributed by atoms with E-state index in [2.05, 4.69) is 26.1 Å². The molecular formula is C11H24N2. The summed E-state index contributed by atoms with van der Waals surface area (Å²) in [7, 11) is 0. The Balaban J connectivity index is 2.19. The lowest BCUT2D eigenvalue weighted by Gasteiger charge is -2.25. The fourth-order valence-corrected chi connectivity index (χ4v) is 1.75. The van der Waals surface area contributed by atoms with Crippen LogP contribution in [0.25, 0.3) is 0 Å². The summed E-state index contributed by atoms with van der Waals surface area (Å²) in [4.78, 5) is 0. The maximum atomic E-state index is 5.86. The van der Waals surface area contributed by atoms with E-state index in [0.29, 0.717) is 17.5 Å². The van der Waals surface area contributed by atoms with Crippen molar-refractivity contribution in [1.82, 2.24) is 5.32 Å². The third-order valence-electron chi connectivity index (χ3n) is 3.30. The van der Waals surface area contributed by atoms with E-state index in [0.717, 1.165) is 6.54 Å². The minimum Gasteiger partial charge on any atom is -0.328 e. The van der Waals surface area contributed by atoms with Crippen LogP contribution in [0.15, 0.2) is 0 Å². The summed E-state index contributed by atoms with van der Waals surface area (Å²) in [6.07, 6.45) is 4.86. The first-order valence-electron chi connectivity index (χ1n) is 5.52. The van der Waals surface area contributed by atoms with Crippen molar-refractivity contribution >= 4 is 0 Å². The molecule has 1 fully saturated rings. The molecule has 78 valence electrons. The number of rotatable bonds is 4. The van der Waals surface area contributed by atoms with Crippen LogP contribution in [0.2, 0.25) is 0 Å². The summed E-state index contributed by atoms with van der Waals surface area (Å²) in [5.74, 6) is 0. The van der Waals surface area contributed by atoms with Crippen LogP contribution in [-0.2, 0) is 0 Å². The van der Waals surface area contributed by atoms with E-state index in [1.807, 2.05) is 0 Å². The van der Waals surface area contributed by atoms with Gasteiger partial charge in [-0.2, -0.15) is 0 Å². The van der Waals surface area contributed by atoms with E-state index in [1.54, 1.807) is 0 Å². The fraction of sp³-hybridized carbons (Fsp3) is 1.00. The molecule has 0 aromatic rings. The molecule has 0 amide bonds. The van der Waals surface area contributed by atoms with E-state index >= 15 is 0 Å². The molecule has 0 aromatic carbocycles. The highest BCUT2D eigenvalue weighted by Crippen LogP contribution is 2.21. The first kappa shape index (κ1) is 11.0. The topological polar surface area (TPSA) is 38.0 Å². The van der Waals surface area contributed by atoms with Gasteiger partial charge in [0.1, 0.15) is 0 Å². The lowest BCUT2D eigenvalue weighted by molar-refractivity contribution is 0.308. The average molecular weight is 184 g/mol. The number of hydrogen-bond donors (Lipinski definition) is 2. The molecule has 2 atom stereocenters. The molecule has 2 unspecified atom stereocenters. The van der Waals surface area contributed by atoms with Crippen molar-refractivity contribution in [2.45, 2.75) is 58.5 Å². The Morgan fingerprint density at radius 3 is 2.54 bits per heavy atom. The molecule has 1 rings (SSSR count). The van der Waals surface area contributed by atoms with Gasteiger partial charge in [-0.1, -0.05) is 20.8 Å². The van der Waals surface area contributed by atoms with Gasteiger partial charge in [0, 0.05) is 18.6 Å². The Bertz CT molecular complexity index is 154. The quantitative estimate of drug-likeness (QED) is 0.700. The highest BCUT2D eigenvalue weighted by molar-refractivity contribution is 4.84. The van der Waals surface area contributed by atoms with Crippen LogP contribution in [0.3, 0.4) is 0 Å². The maximum Gasteiger partial charge on any atom is 0.00825 e. The van der Waals surface area contributed by atoms with Crippen molar-refractivity contribution in [2.75, 3.05) is 6.54 Å². The summed E-state index contributed by atoms with van der Waals surface area (Å²) >= 11 is 0. The molecule has 0 saturated heterocycles. The summed E-state index contributed by atoms with van der Waals surface area (Å²) in [6, 6.07) is 1.13. The second-order valence-electron chi connectivity index (χ2n) is 5.17. The molecule has 3 N–H and O–H groups in total. The number of nitrogens with two attached hydrogens (primary N) is 1. The predicted molar refractivity (Wildman–Crippen MR) is 57.7 cm³/mol. The summed E-state index contributed by atoms with van der Waals surface area (Å²) in [5.41, 5.74) is 6.29. The molecule has 0 aromatic heterocycles. The SMILES string of the molecule is CCC(C)(C)CNC1CCC(N)C1. The molecular weight excluding hydrogens is 160 g/mol. The molecule has 13 heavy (non-hydrogen) atoms. The third kappa shape index (κ3) is 3.65. The smallest absolute Gasteiger partial charge is 0.00825 e. The molecule has 0 spiro atoms. The molecule has 2 nitrogen and oxygen atoms in total. The van der Waals surface area contributed by atoms with Crippen LogP contribution in [0.1, 0.15) is 46.5 Å². The van der Waals surface area contributed by atoms with Gasteiger partial charge in [0.05, 0.1) is 0 Å². The normalized spacial score (nSPS) is 29.5. The number of nitrogens with one attached hydrogen (secondary N) is 1. The van der Waals surface area contributed by atoms with Gasteiger partial charge < -0.3 is 11.1 Å². The van der Waals surface area contributed by atoms with Gasteiger partial charge >= 0.3 is 0 Å². The lowest BCUT2D eigenvalue weighted by Crippen LogP contribution is -2.36. The molecule has 2 heteroatoms. The zero-order chi connectivity index (χ0) is 9.90. The van der Waals surface area contributed by atoms with Crippen molar-refractivity contribution in [3.63, 3.8) is 0 Å². The Hall–Kier alpha value is -0.0800. The fourth-order valence-electron chi connectivity index (χ4n) is 1.75. The van der Waals surface area contributed by atoms with E-state index in [1.165, 1.54) is 25.7 Å². The van der Waals surface area contributed by atoms with Crippen LogP contribution in [0.4, 0.5) is 0 Å². The van der Waals surface area contributed by atoms with Crippen LogP contribution >= 0.6 is 0 Å². The Morgan fingerprint density at radius 2 is 2.08 bits per heavy atom. The van der Waals surface area contributed by atoms with Crippen LogP contribution < -0.4 is 11.1 Å². The molecule has 0 heterocycles. The zero-order valence-corrected chi connectivity index (χ0v) is 9.27. The first-order chi connectivity index (χ1) is 6.03. The van der Waals surface area contributed by atoms with E-state index in [-0.39, 0.29) is 0 Å². The highest BCUT2D eigenvalue weighted by Gasteiger charge is 2.23. The zero-order valence-electron chi connectivity index (χ0n) is 9.27. The van der Waals surface area contributed by atoms with Crippen molar-refractivity contribution in [3.05, 3.63) is 0 Å². The number of hydrogen-bond acceptors (Lipinski definition) is 2. The van der Waals surface area contributed by atoms with Gasteiger partial charge in [0.2, 0.25) is 0 Å². The minimum atomic E-state index is 0.437. The molecule has 1 aliphatic carbocycles. The standard InChI is InChI=1S/C11H24N2/c1-4-11(2,3)8-13-10-6-5-9(12)7-10/h9-10,13H,4-8,12H2,1-3H3. The van der Waals surface area contributed by atoms with Crippen molar-refractivity contribution in [3.8, 4) is 0 Å². The van der Waals surface area contributed by atoms with Crippen molar-refractivity contribution in [1.29, 1.82) is 0 Å². The Morgan fingerprint density at radius 1 is 1.38 bits per heavy atom. The first-order valence-corrected chi connectivity index (χ1v) is 5.52. The summed E-state index contributed by atoms with van der Waals surface area (Å²) < 4.78 is 0. The van der Waals surface area contributed by atoms with E-state index in [9.17, 15) is 0 Å². The molecule has 1 saturated carbocycles. The van der Waals surface area contributed by atoms with Gasteiger partial charge in [0.15, 0.2) is 0 Å². The van der Waals surface area contributed by atoms with Gasteiger partial charge in [0.25, 0.3) is 0 Å². The summed E-state index contributed by atoms with van der Waals surface area (Å²) in [5, 5.41) is 3.62. The Kier molecular flexibility index (Phi) is 3.74. The second-order valence-corrected chi connectivity index (χ2v) is 5.17. The summed E-state index contributed by atoms with van der Waals surface area (Å²) in [6.45, 7) is 8.01. The monoisotopic (exact) mass is 184 g/mol. The third-order valence-corrected chi connectivity index (χ3v) is 3.30. The molecule has 0 radical (unpaired) electrons. The Labute approximate surface area is 82.3 Å².